The van der Waals surface area contributed by atoms with Crippen LogP contribution in [-0.4, -0.2) is 60.1 Å². The summed E-state index contributed by atoms with van der Waals surface area (Å²) in [7, 11) is 0. The number of hydrogen-bond donors (Lipinski definition) is 3. The van der Waals surface area contributed by atoms with Crippen molar-refractivity contribution >= 4 is 0 Å². The number of rotatable bonds is 16. The predicted molar refractivity (Wildman–Crippen MR) is 94.1 cm³/mol. The minimum atomic E-state index is -0.0676. The molecule has 0 spiro atoms. The molecule has 1 aromatic rings. The summed E-state index contributed by atoms with van der Waals surface area (Å²) in [6.07, 6.45) is 6.26. The number of hydroxylamine groups is 2. The molecule has 7 nitrogen and oxygen atoms in total. The molecule has 0 radical (unpaired) electrons. The zero-order chi connectivity index (χ0) is 18.2. The van der Waals surface area contributed by atoms with Crippen molar-refractivity contribution in [3.05, 3.63) is 24.3 Å². The lowest BCUT2D eigenvalue weighted by Crippen LogP contribution is -2.28. The highest BCUT2D eigenvalue weighted by Gasteiger charge is 2.05. The van der Waals surface area contributed by atoms with Crippen LogP contribution in [0.4, 0.5) is 0 Å². The molecule has 0 aliphatic carbocycles. The van der Waals surface area contributed by atoms with Gasteiger partial charge < -0.3 is 20.1 Å². The third kappa shape index (κ3) is 11.0. The number of benzene rings is 1. The molecule has 0 saturated heterocycles. The molecule has 0 saturated carbocycles. The summed E-state index contributed by atoms with van der Waals surface area (Å²) >= 11 is 0. The SMILES string of the molecule is OCCON(CCCCCCCCOc1ccccc1O)OCCO. The fraction of sp³-hybridized carbons (Fsp3) is 0.667. The Labute approximate surface area is 149 Å². The fourth-order valence-electron chi connectivity index (χ4n) is 2.26. The van der Waals surface area contributed by atoms with Crippen molar-refractivity contribution in [2.75, 3.05) is 39.6 Å². The van der Waals surface area contributed by atoms with Crippen LogP contribution in [0.25, 0.3) is 0 Å². The lowest BCUT2D eigenvalue weighted by atomic mass is 10.1. The lowest BCUT2D eigenvalue weighted by Gasteiger charge is -2.20. The Kier molecular flexibility index (Phi) is 12.9. The van der Waals surface area contributed by atoms with Crippen LogP contribution in [0.15, 0.2) is 24.3 Å². The molecule has 144 valence electrons. The van der Waals surface area contributed by atoms with Crippen LogP contribution in [0.3, 0.4) is 0 Å². The number of phenols is 1. The standard InChI is InChI=1S/C18H31NO6/c20-12-15-24-19(25-16-13-21)11-7-3-1-2-4-8-14-23-18-10-6-5-9-17(18)22/h5-6,9-10,20-22H,1-4,7-8,11-16H2. The molecule has 0 bridgehead atoms. The maximum Gasteiger partial charge on any atom is 0.160 e. The van der Waals surface area contributed by atoms with Crippen LogP contribution < -0.4 is 4.74 Å². The highest BCUT2D eigenvalue weighted by atomic mass is 16.9. The van der Waals surface area contributed by atoms with Gasteiger partial charge in [-0.2, -0.15) is 0 Å². The monoisotopic (exact) mass is 357 g/mol. The predicted octanol–water partition coefficient (Wildman–Crippen LogP) is 2.26. The molecular weight excluding hydrogens is 326 g/mol. The molecule has 1 rings (SSSR count). The maximum atomic E-state index is 9.59. The summed E-state index contributed by atoms with van der Waals surface area (Å²) in [6.45, 7) is 1.44. The maximum absolute atomic E-state index is 9.59. The van der Waals surface area contributed by atoms with E-state index in [0.29, 0.717) is 18.9 Å². The zero-order valence-electron chi connectivity index (χ0n) is 14.8. The van der Waals surface area contributed by atoms with Crippen molar-refractivity contribution < 1.29 is 29.7 Å². The highest BCUT2D eigenvalue weighted by Crippen LogP contribution is 2.24. The Morgan fingerprint density at radius 1 is 0.760 bits per heavy atom. The second kappa shape index (κ2) is 14.9. The van der Waals surface area contributed by atoms with E-state index in [4.69, 9.17) is 24.6 Å². The van der Waals surface area contributed by atoms with Gasteiger partial charge in [-0.05, 0) is 25.0 Å². The zero-order valence-corrected chi connectivity index (χ0v) is 14.8. The van der Waals surface area contributed by atoms with Crippen LogP contribution in [0.2, 0.25) is 0 Å². The van der Waals surface area contributed by atoms with Crippen LogP contribution in [0, 0.1) is 0 Å². The smallest absolute Gasteiger partial charge is 0.160 e. The van der Waals surface area contributed by atoms with Gasteiger partial charge in [0.15, 0.2) is 11.5 Å². The second-order valence-corrected chi connectivity index (χ2v) is 5.61. The van der Waals surface area contributed by atoms with Crippen molar-refractivity contribution in [1.29, 1.82) is 0 Å². The van der Waals surface area contributed by atoms with Gasteiger partial charge in [-0.3, -0.25) is 9.68 Å². The Hall–Kier alpha value is -1.38. The minimum Gasteiger partial charge on any atom is -0.504 e. The molecule has 0 aliphatic heterocycles. The van der Waals surface area contributed by atoms with E-state index in [-0.39, 0.29) is 32.2 Å². The van der Waals surface area contributed by atoms with Crippen molar-refractivity contribution in [3.63, 3.8) is 0 Å². The first kappa shape index (κ1) is 21.7. The van der Waals surface area contributed by atoms with E-state index >= 15 is 0 Å². The number of aromatic hydroxyl groups is 1. The molecular formula is C18H31NO6. The van der Waals surface area contributed by atoms with Gasteiger partial charge in [0.2, 0.25) is 0 Å². The molecule has 0 amide bonds. The van der Waals surface area contributed by atoms with Crippen molar-refractivity contribution in [1.82, 2.24) is 5.23 Å². The van der Waals surface area contributed by atoms with E-state index in [1.807, 2.05) is 6.07 Å². The largest absolute Gasteiger partial charge is 0.504 e. The summed E-state index contributed by atoms with van der Waals surface area (Å²) in [4.78, 5) is 10.4. The number of phenolic OH excluding ortho intramolecular Hbond substituents is 1. The third-order valence-electron chi connectivity index (χ3n) is 3.51. The Morgan fingerprint density at radius 3 is 2.00 bits per heavy atom. The van der Waals surface area contributed by atoms with Crippen molar-refractivity contribution in [3.8, 4) is 11.5 Å². The number of nitrogens with zero attached hydrogens (tertiary/aromatic N) is 1. The summed E-state index contributed by atoms with van der Waals surface area (Å²) < 4.78 is 5.54. The van der Waals surface area contributed by atoms with E-state index in [9.17, 15) is 5.11 Å². The Bertz CT molecular complexity index is 424. The normalized spacial score (nSPS) is 11.2. The second-order valence-electron chi connectivity index (χ2n) is 5.61. The molecule has 0 aromatic heterocycles. The van der Waals surface area contributed by atoms with Crippen LogP contribution in [-0.2, 0) is 9.68 Å². The average molecular weight is 357 g/mol. The van der Waals surface area contributed by atoms with Gasteiger partial charge in [-0.1, -0.05) is 43.0 Å². The van der Waals surface area contributed by atoms with Crippen LogP contribution in [0.1, 0.15) is 38.5 Å². The number of aliphatic hydroxyl groups is 2. The lowest BCUT2D eigenvalue weighted by molar-refractivity contribution is -0.371. The topological polar surface area (TPSA) is 91.6 Å². The first-order valence-electron chi connectivity index (χ1n) is 8.93. The van der Waals surface area contributed by atoms with Gasteiger partial charge in [0.1, 0.15) is 0 Å². The first-order valence-corrected chi connectivity index (χ1v) is 8.93. The van der Waals surface area contributed by atoms with Gasteiger partial charge in [-0.25, -0.2) is 0 Å². The van der Waals surface area contributed by atoms with Gasteiger partial charge in [-0.15, -0.1) is 0 Å². The molecule has 1 aromatic carbocycles. The van der Waals surface area contributed by atoms with Gasteiger partial charge in [0.05, 0.1) is 39.6 Å². The first-order chi connectivity index (χ1) is 12.3. The number of ether oxygens (including phenoxy) is 1. The minimum absolute atomic E-state index is 0.0676. The van der Waals surface area contributed by atoms with Crippen molar-refractivity contribution in [2.45, 2.75) is 38.5 Å². The highest BCUT2D eigenvalue weighted by molar-refractivity contribution is 5.37. The summed E-state index contributed by atoms with van der Waals surface area (Å²) in [5.41, 5.74) is 0. The van der Waals surface area contributed by atoms with E-state index in [1.165, 1.54) is 5.23 Å². The Balaban J connectivity index is 1.97. The summed E-state index contributed by atoms with van der Waals surface area (Å²) in [5.74, 6) is 0.715. The number of para-hydroxylation sites is 2. The summed E-state index contributed by atoms with van der Waals surface area (Å²) in [5, 5.41) is 28.4. The van der Waals surface area contributed by atoms with Gasteiger partial charge >= 0.3 is 0 Å². The molecule has 0 atom stereocenters. The molecule has 0 aliphatic rings. The van der Waals surface area contributed by atoms with E-state index in [2.05, 4.69) is 0 Å². The van der Waals surface area contributed by atoms with Crippen molar-refractivity contribution in [2.24, 2.45) is 0 Å². The third-order valence-corrected chi connectivity index (χ3v) is 3.51. The van der Waals surface area contributed by atoms with Gasteiger partial charge in [0.25, 0.3) is 0 Å². The number of unbranched alkanes of at least 4 members (excludes halogenated alkanes) is 5. The quantitative estimate of drug-likeness (QED) is 0.309. The average Bonchev–Trinajstić information content (AvgIpc) is 2.63. The van der Waals surface area contributed by atoms with Crippen LogP contribution in [0.5, 0.6) is 11.5 Å². The summed E-state index contributed by atoms with van der Waals surface area (Å²) in [6, 6.07) is 6.99. The molecule has 3 N–H and O–H groups in total. The number of hydrogen-bond acceptors (Lipinski definition) is 7. The van der Waals surface area contributed by atoms with Gasteiger partial charge in [0, 0.05) is 0 Å². The molecule has 0 fully saturated rings. The van der Waals surface area contributed by atoms with Crippen LogP contribution >= 0.6 is 0 Å². The molecule has 7 heteroatoms. The number of aliphatic hydroxyl groups excluding tert-OH is 2. The van der Waals surface area contributed by atoms with E-state index in [0.717, 1.165) is 38.5 Å². The van der Waals surface area contributed by atoms with E-state index < -0.39 is 0 Å². The molecule has 25 heavy (non-hydrogen) atoms. The van der Waals surface area contributed by atoms with E-state index in [1.54, 1.807) is 18.2 Å². The Morgan fingerprint density at radius 2 is 1.36 bits per heavy atom. The molecule has 0 heterocycles. The fourth-order valence-corrected chi connectivity index (χ4v) is 2.26. The molecule has 0 unspecified atom stereocenters.